The van der Waals surface area contributed by atoms with Crippen LogP contribution in [-0.2, 0) is 27.9 Å². The predicted molar refractivity (Wildman–Crippen MR) is 508 cm³/mol. The van der Waals surface area contributed by atoms with Crippen LogP contribution in [0.5, 0.6) is 0 Å². The number of hydrogen-bond acceptors (Lipinski definition) is 12. The molecule has 3 aliphatic rings. The molecular formula is C106H83B3O10S2. The first kappa shape index (κ1) is 74.2. The largest absolute Gasteiger partial charge is 0.496 e. The van der Waals surface area contributed by atoms with E-state index in [1.165, 1.54) is 100 Å². The van der Waals surface area contributed by atoms with Gasteiger partial charge >= 0.3 is 21.4 Å². The average Bonchev–Trinajstić information content (AvgIpc) is 1.58. The van der Waals surface area contributed by atoms with Gasteiger partial charge in [-0.05, 0) is 268 Å². The highest BCUT2D eigenvalue weighted by atomic mass is 32.1. The normalized spacial score (nSPS) is 16.7. The van der Waals surface area contributed by atoms with Crippen molar-refractivity contribution in [3.05, 3.63) is 285 Å². The van der Waals surface area contributed by atoms with Gasteiger partial charge in [0.05, 0.1) is 33.6 Å². The van der Waals surface area contributed by atoms with Crippen molar-refractivity contribution < 1.29 is 45.6 Å². The SMILES string of the molecule is CC1(C)OB(c2c3ccccc3cc3sc4ccc(-c5ccc6oc7cc8ccccc8cc7c6c5)cc4c23)OC1(C)C.CC1(C)OB(c2ccc3oc4cc(-c5c6ccccc6cc6oc7ccccc7c56)ccc4c3c2)OC1(C)C.CC1(C)OB(c2cccc3sc4ccc(-c5c6ccccc6cc6oc7ccccc7c56)cc4c23)OC1(C)C. The van der Waals surface area contributed by atoms with Crippen LogP contribution in [0.4, 0.5) is 0 Å². The molecule has 22 aromatic rings. The maximum absolute atomic E-state index is 6.68. The molecule has 15 heteroatoms. The van der Waals surface area contributed by atoms with E-state index in [4.69, 9.17) is 45.6 Å². The smallest absolute Gasteiger partial charge is 0.456 e. The lowest BCUT2D eigenvalue weighted by Gasteiger charge is -2.32. The molecule has 0 spiro atoms. The summed E-state index contributed by atoms with van der Waals surface area (Å²) in [6.07, 6.45) is 0. The van der Waals surface area contributed by atoms with Gasteiger partial charge in [-0.1, -0.05) is 182 Å². The van der Waals surface area contributed by atoms with Crippen LogP contribution in [0.3, 0.4) is 0 Å². The first-order valence-corrected chi connectivity index (χ1v) is 43.4. The summed E-state index contributed by atoms with van der Waals surface area (Å²) in [5, 5.41) is 23.4. The van der Waals surface area contributed by atoms with Crippen LogP contribution in [0.2, 0.25) is 0 Å². The Kier molecular flexibility index (Phi) is 16.5. The number of para-hydroxylation sites is 2. The van der Waals surface area contributed by atoms with Gasteiger partial charge < -0.3 is 45.6 Å². The number of furan rings is 4. The van der Waals surface area contributed by atoms with E-state index in [0.29, 0.717) is 0 Å². The molecule has 0 amide bonds. The highest BCUT2D eigenvalue weighted by Crippen LogP contribution is 2.50. The Hall–Kier alpha value is -11.8. The molecular weight excluding hydrogens is 1530 g/mol. The van der Waals surface area contributed by atoms with Crippen molar-refractivity contribution in [3.8, 4) is 33.4 Å². The molecule has 3 fully saturated rings. The van der Waals surface area contributed by atoms with E-state index in [1.807, 2.05) is 53.0 Å². The lowest BCUT2D eigenvalue weighted by atomic mass is 9.73. The highest BCUT2D eigenvalue weighted by molar-refractivity contribution is 7.26. The monoisotopic (exact) mass is 1610 g/mol. The molecule has 121 heavy (non-hydrogen) atoms. The molecule has 0 aliphatic carbocycles. The standard InChI is InChI=1S/C38H29BO3S.C34H27BO4.C34H27BO3S/c1-37(2)38(3,4)42-39(41-37)36-27-12-8-7-11-26(27)21-34-35(36)30-19-25(14-16-33(30)43-34)24-13-15-31-28(18-24)29-17-22-9-5-6-10-23(22)20-32(29)40-31;1-33(2)34(3,4)39-35(38-33)22-14-16-28-26(19-22)24-15-13-21(18-29(24)36-28)31-23-10-6-5-9-20(23)17-30-32(31)25-11-7-8-12-27(25)37-30;1-33(2)34(3,4)38-35(37-33)25-13-9-15-29-31(25)24-18-21(16-17-28(24)39-29)30-22-11-6-5-10-20(22)19-27-32(30)23-12-7-8-14-26(23)36-27/h5-21H,1-4H3;2*5-19H,1-4H3. The Morgan fingerprint density at radius 1 is 0.215 bits per heavy atom. The van der Waals surface area contributed by atoms with E-state index in [9.17, 15) is 0 Å². The predicted octanol–water partition coefficient (Wildman–Crippen LogP) is 27.9. The summed E-state index contributed by atoms with van der Waals surface area (Å²) in [5.74, 6) is 0. The zero-order chi connectivity index (χ0) is 82.1. The zero-order valence-corrected chi connectivity index (χ0v) is 70.9. The summed E-state index contributed by atoms with van der Waals surface area (Å²) >= 11 is 3.65. The minimum Gasteiger partial charge on any atom is -0.456 e. The van der Waals surface area contributed by atoms with E-state index in [2.05, 4.69) is 338 Å². The number of rotatable bonds is 6. The van der Waals surface area contributed by atoms with Crippen LogP contribution in [0.1, 0.15) is 83.1 Å². The lowest BCUT2D eigenvalue weighted by Crippen LogP contribution is -2.41. The molecule has 3 saturated heterocycles. The maximum atomic E-state index is 6.68. The third-order valence-electron chi connectivity index (χ3n) is 27.1. The summed E-state index contributed by atoms with van der Waals surface area (Å²) in [5.41, 5.74) is 14.9. The number of benzene rings is 16. The Bertz CT molecular complexity index is 8080. The topological polar surface area (TPSA) is 108 Å². The Morgan fingerprint density at radius 2 is 0.612 bits per heavy atom. The Balaban J connectivity index is 0.000000106. The van der Waals surface area contributed by atoms with Crippen molar-refractivity contribution in [2.24, 2.45) is 0 Å². The number of thiophene rings is 2. The minimum absolute atomic E-state index is 0.388. The maximum Gasteiger partial charge on any atom is 0.496 e. The Labute approximate surface area is 707 Å². The molecule has 9 heterocycles. The molecule has 0 radical (unpaired) electrons. The zero-order valence-electron chi connectivity index (χ0n) is 69.3. The van der Waals surface area contributed by atoms with Crippen molar-refractivity contribution in [1.29, 1.82) is 0 Å². The summed E-state index contributed by atoms with van der Waals surface area (Å²) in [6.45, 7) is 25.2. The molecule has 10 nitrogen and oxygen atoms in total. The van der Waals surface area contributed by atoms with Gasteiger partial charge in [-0.2, -0.15) is 0 Å². The first-order valence-electron chi connectivity index (χ1n) is 41.7. The fourth-order valence-corrected chi connectivity index (χ4v) is 20.9. The molecule has 6 aromatic heterocycles. The van der Waals surface area contributed by atoms with Gasteiger partial charge in [0.1, 0.15) is 44.7 Å². The second-order valence-electron chi connectivity index (χ2n) is 36.0. The van der Waals surface area contributed by atoms with Crippen LogP contribution < -0.4 is 16.4 Å². The molecule has 3 aliphatic heterocycles. The van der Waals surface area contributed by atoms with Gasteiger partial charge in [0.15, 0.2) is 0 Å². The number of fused-ring (bicyclic) bond motifs is 22. The van der Waals surface area contributed by atoms with Gasteiger partial charge in [0.2, 0.25) is 0 Å². The van der Waals surface area contributed by atoms with Crippen molar-refractivity contribution in [2.75, 3.05) is 0 Å². The van der Waals surface area contributed by atoms with Gasteiger partial charge in [-0.15, -0.1) is 22.7 Å². The third-order valence-corrected chi connectivity index (χ3v) is 29.3. The molecule has 0 N–H and O–H groups in total. The first-order chi connectivity index (χ1) is 58.3. The van der Waals surface area contributed by atoms with Crippen molar-refractivity contribution in [1.82, 2.24) is 0 Å². The molecule has 0 bridgehead atoms. The van der Waals surface area contributed by atoms with Crippen molar-refractivity contribution in [2.45, 2.75) is 117 Å². The van der Waals surface area contributed by atoms with E-state index < -0.39 is 43.8 Å². The quantitative estimate of drug-likeness (QED) is 0.149. The minimum atomic E-state index is -0.455. The van der Waals surface area contributed by atoms with Crippen LogP contribution in [0.25, 0.3) is 205 Å². The van der Waals surface area contributed by atoms with Gasteiger partial charge in [0.25, 0.3) is 0 Å². The van der Waals surface area contributed by atoms with Gasteiger partial charge in [0, 0.05) is 94.6 Å². The molecule has 588 valence electrons. The van der Waals surface area contributed by atoms with Gasteiger partial charge in [-0.25, -0.2) is 0 Å². The van der Waals surface area contributed by atoms with E-state index in [-0.39, 0.29) is 11.2 Å². The van der Waals surface area contributed by atoms with Crippen LogP contribution in [0.15, 0.2) is 303 Å². The molecule has 0 saturated carbocycles. The summed E-state index contributed by atoms with van der Waals surface area (Å²) < 4.78 is 69.4. The van der Waals surface area contributed by atoms with Crippen molar-refractivity contribution in [3.63, 3.8) is 0 Å². The Morgan fingerprint density at radius 3 is 1.21 bits per heavy atom. The molecule has 0 unspecified atom stereocenters. The third kappa shape index (κ3) is 11.7. The average molecular weight is 1610 g/mol. The summed E-state index contributed by atoms with van der Waals surface area (Å²) in [7, 11) is -1.28. The fraction of sp³-hybridized carbons (Fsp3) is 0.170. The van der Waals surface area contributed by atoms with Crippen LogP contribution >= 0.6 is 22.7 Å². The highest BCUT2D eigenvalue weighted by Gasteiger charge is 2.55. The molecule has 0 atom stereocenters. The molecule has 16 aromatic carbocycles. The second kappa shape index (κ2) is 26.8. The van der Waals surface area contributed by atoms with Crippen LogP contribution in [0, 0.1) is 0 Å². The molecule has 25 rings (SSSR count). The fourth-order valence-electron chi connectivity index (χ4n) is 18.6. The number of hydrogen-bond donors (Lipinski definition) is 0. The van der Waals surface area contributed by atoms with E-state index >= 15 is 0 Å². The van der Waals surface area contributed by atoms with Gasteiger partial charge in [-0.3, -0.25) is 0 Å². The van der Waals surface area contributed by atoms with E-state index in [1.54, 1.807) is 0 Å². The van der Waals surface area contributed by atoms with Crippen LogP contribution in [-0.4, -0.2) is 55.0 Å². The van der Waals surface area contributed by atoms with Crippen molar-refractivity contribution >= 4 is 232 Å². The van der Waals surface area contributed by atoms with E-state index in [0.717, 1.165) is 121 Å². The summed E-state index contributed by atoms with van der Waals surface area (Å²) in [6, 6.07) is 101. The lowest BCUT2D eigenvalue weighted by molar-refractivity contribution is 0.00578. The second-order valence-corrected chi connectivity index (χ2v) is 38.1. The summed E-state index contributed by atoms with van der Waals surface area (Å²) in [4.78, 5) is 0.